The summed E-state index contributed by atoms with van der Waals surface area (Å²) in [4.78, 5) is 13.2. The molecule has 0 aliphatic carbocycles. The molecule has 0 radical (unpaired) electrons. The lowest BCUT2D eigenvalue weighted by atomic mass is 10.2. The van der Waals surface area contributed by atoms with Gasteiger partial charge in [-0.05, 0) is 20.3 Å². The highest BCUT2D eigenvalue weighted by molar-refractivity contribution is 5.76. The fourth-order valence-electron chi connectivity index (χ4n) is 1.05. The molecule has 4 nitrogen and oxygen atoms in total. The van der Waals surface area contributed by atoms with Crippen LogP contribution < -0.4 is 5.73 Å². The zero-order valence-electron chi connectivity index (χ0n) is 9.45. The average molecular weight is 202 g/mol. The maximum Gasteiger partial charge on any atom is 0.222 e. The number of ether oxygens (including phenoxy) is 1. The highest BCUT2D eigenvalue weighted by atomic mass is 16.5. The van der Waals surface area contributed by atoms with Gasteiger partial charge in [0.25, 0.3) is 0 Å². The van der Waals surface area contributed by atoms with Crippen LogP contribution in [0.5, 0.6) is 0 Å². The van der Waals surface area contributed by atoms with Gasteiger partial charge in [0.15, 0.2) is 0 Å². The molecule has 0 saturated carbocycles. The van der Waals surface area contributed by atoms with Crippen molar-refractivity contribution in [1.82, 2.24) is 4.90 Å². The number of carbonyl (C=O) groups excluding carboxylic acids is 1. The number of hydrogen-bond donors (Lipinski definition) is 1. The minimum Gasteiger partial charge on any atom is -0.382 e. The van der Waals surface area contributed by atoms with Gasteiger partial charge < -0.3 is 15.4 Å². The van der Waals surface area contributed by atoms with Crippen molar-refractivity contribution in [2.24, 2.45) is 5.73 Å². The number of hydrogen-bond acceptors (Lipinski definition) is 3. The molecule has 2 N–H and O–H groups in total. The van der Waals surface area contributed by atoms with Crippen LogP contribution in [0.15, 0.2) is 0 Å². The topological polar surface area (TPSA) is 55.6 Å². The zero-order valence-corrected chi connectivity index (χ0v) is 9.45. The van der Waals surface area contributed by atoms with E-state index in [1.807, 2.05) is 13.8 Å². The zero-order chi connectivity index (χ0) is 11.0. The van der Waals surface area contributed by atoms with Gasteiger partial charge >= 0.3 is 0 Å². The molecule has 0 spiro atoms. The van der Waals surface area contributed by atoms with Gasteiger partial charge in [0.05, 0.1) is 0 Å². The molecule has 0 aromatic heterocycles. The fourth-order valence-corrected chi connectivity index (χ4v) is 1.05. The third-order valence-corrected chi connectivity index (χ3v) is 2.28. The third-order valence-electron chi connectivity index (χ3n) is 2.28. The summed E-state index contributed by atoms with van der Waals surface area (Å²) in [5.74, 6) is 0.141. The molecule has 0 aliphatic heterocycles. The molecule has 14 heavy (non-hydrogen) atoms. The maximum atomic E-state index is 11.5. The molecule has 0 saturated heterocycles. The standard InChI is InChI=1S/C10H22N2O2/c1-4-14-7-5-6-10(13)12(3)9(2)8-11/h9H,4-8,11H2,1-3H3. The molecular weight excluding hydrogens is 180 g/mol. The Bertz CT molecular complexity index is 162. The van der Waals surface area contributed by atoms with E-state index in [0.717, 1.165) is 6.42 Å². The van der Waals surface area contributed by atoms with Crippen molar-refractivity contribution in [3.05, 3.63) is 0 Å². The number of amides is 1. The second-order valence-electron chi connectivity index (χ2n) is 3.39. The number of nitrogens with zero attached hydrogens (tertiary/aromatic N) is 1. The Labute approximate surface area is 86.4 Å². The lowest BCUT2D eigenvalue weighted by Gasteiger charge is -2.23. The third kappa shape index (κ3) is 5.19. The fraction of sp³-hybridized carbons (Fsp3) is 0.900. The first-order valence-electron chi connectivity index (χ1n) is 5.17. The van der Waals surface area contributed by atoms with Crippen LogP contribution in [0, 0.1) is 0 Å². The normalized spacial score (nSPS) is 12.6. The van der Waals surface area contributed by atoms with Gasteiger partial charge in [0, 0.05) is 39.3 Å². The van der Waals surface area contributed by atoms with Crippen molar-refractivity contribution in [2.45, 2.75) is 32.7 Å². The molecule has 0 aromatic carbocycles. The van der Waals surface area contributed by atoms with Crippen LogP contribution in [0.25, 0.3) is 0 Å². The van der Waals surface area contributed by atoms with Gasteiger partial charge in [0.2, 0.25) is 5.91 Å². The molecular formula is C10H22N2O2. The Balaban J connectivity index is 3.62. The second kappa shape index (κ2) is 7.76. The van der Waals surface area contributed by atoms with E-state index < -0.39 is 0 Å². The first kappa shape index (κ1) is 13.4. The summed E-state index contributed by atoms with van der Waals surface area (Å²) in [6, 6.07) is 0.120. The van der Waals surface area contributed by atoms with Crippen molar-refractivity contribution < 1.29 is 9.53 Å². The van der Waals surface area contributed by atoms with Crippen LogP contribution in [0.2, 0.25) is 0 Å². The molecule has 1 amide bonds. The highest BCUT2D eigenvalue weighted by Crippen LogP contribution is 2.00. The monoisotopic (exact) mass is 202 g/mol. The van der Waals surface area contributed by atoms with Gasteiger partial charge in [-0.25, -0.2) is 0 Å². The Morgan fingerprint density at radius 2 is 2.21 bits per heavy atom. The summed E-state index contributed by atoms with van der Waals surface area (Å²) >= 11 is 0. The van der Waals surface area contributed by atoms with Crippen molar-refractivity contribution in [3.8, 4) is 0 Å². The second-order valence-corrected chi connectivity index (χ2v) is 3.39. The summed E-state index contributed by atoms with van der Waals surface area (Å²) in [5, 5.41) is 0. The smallest absolute Gasteiger partial charge is 0.222 e. The van der Waals surface area contributed by atoms with Crippen LogP contribution in [0.1, 0.15) is 26.7 Å². The maximum absolute atomic E-state index is 11.5. The molecule has 0 fully saturated rings. The molecule has 0 bridgehead atoms. The van der Waals surface area contributed by atoms with E-state index in [1.165, 1.54) is 0 Å². The van der Waals surface area contributed by atoms with E-state index in [9.17, 15) is 4.79 Å². The van der Waals surface area contributed by atoms with Crippen molar-refractivity contribution >= 4 is 5.91 Å². The largest absolute Gasteiger partial charge is 0.382 e. The molecule has 0 aromatic rings. The van der Waals surface area contributed by atoms with E-state index in [1.54, 1.807) is 11.9 Å². The van der Waals surface area contributed by atoms with Crippen LogP contribution >= 0.6 is 0 Å². The van der Waals surface area contributed by atoms with Crippen LogP contribution in [0.3, 0.4) is 0 Å². The van der Waals surface area contributed by atoms with Gasteiger partial charge in [-0.15, -0.1) is 0 Å². The Morgan fingerprint density at radius 1 is 1.57 bits per heavy atom. The summed E-state index contributed by atoms with van der Waals surface area (Å²) in [6.07, 6.45) is 1.33. The first-order valence-corrected chi connectivity index (χ1v) is 5.17. The predicted molar refractivity (Wildman–Crippen MR) is 57.0 cm³/mol. The molecule has 4 heteroatoms. The van der Waals surface area contributed by atoms with Crippen LogP contribution in [-0.4, -0.2) is 43.7 Å². The lowest BCUT2D eigenvalue weighted by Crippen LogP contribution is -2.39. The van der Waals surface area contributed by atoms with Gasteiger partial charge in [-0.3, -0.25) is 4.79 Å². The van der Waals surface area contributed by atoms with E-state index in [0.29, 0.717) is 26.2 Å². The van der Waals surface area contributed by atoms with Crippen molar-refractivity contribution in [3.63, 3.8) is 0 Å². The minimum absolute atomic E-state index is 0.120. The predicted octanol–water partition coefficient (Wildman–Crippen LogP) is 0.609. The molecule has 84 valence electrons. The van der Waals surface area contributed by atoms with Gasteiger partial charge in [0.1, 0.15) is 0 Å². The number of carbonyl (C=O) groups is 1. The minimum atomic E-state index is 0.120. The first-order chi connectivity index (χ1) is 6.63. The Morgan fingerprint density at radius 3 is 2.71 bits per heavy atom. The number of nitrogens with two attached hydrogens (primary N) is 1. The molecule has 0 rings (SSSR count). The van der Waals surface area contributed by atoms with Crippen molar-refractivity contribution in [2.75, 3.05) is 26.8 Å². The van der Waals surface area contributed by atoms with Crippen molar-refractivity contribution in [1.29, 1.82) is 0 Å². The number of rotatable bonds is 7. The summed E-state index contributed by atoms with van der Waals surface area (Å²) in [6.45, 7) is 5.77. The summed E-state index contributed by atoms with van der Waals surface area (Å²) in [7, 11) is 1.79. The number of likely N-dealkylation sites (N-methyl/N-ethyl adjacent to an activating group) is 1. The molecule has 0 aliphatic rings. The van der Waals surface area contributed by atoms with E-state index in [-0.39, 0.29) is 11.9 Å². The summed E-state index contributed by atoms with van der Waals surface area (Å²) in [5.41, 5.74) is 5.47. The van der Waals surface area contributed by atoms with Gasteiger partial charge in [-0.1, -0.05) is 0 Å². The quantitative estimate of drug-likeness (QED) is 0.615. The van der Waals surface area contributed by atoms with E-state index >= 15 is 0 Å². The SMILES string of the molecule is CCOCCCC(=O)N(C)C(C)CN. The Kier molecular flexibility index (Phi) is 7.42. The average Bonchev–Trinajstić information content (AvgIpc) is 2.21. The van der Waals surface area contributed by atoms with Crippen LogP contribution in [-0.2, 0) is 9.53 Å². The molecule has 0 heterocycles. The molecule has 1 atom stereocenters. The van der Waals surface area contributed by atoms with Gasteiger partial charge in [-0.2, -0.15) is 0 Å². The summed E-state index contributed by atoms with van der Waals surface area (Å²) < 4.78 is 5.16. The Hall–Kier alpha value is -0.610. The van der Waals surface area contributed by atoms with E-state index in [4.69, 9.17) is 10.5 Å². The lowest BCUT2D eigenvalue weighted by molar-refractivity contribution is -0.131. The highest BCUT2D eigenvalue weighted by Gasteiger charge is 2.13. The van der Waals surface area contributed by atoms with Crippen LogP contribution in [0.4, 0.5) is 0 Å². The van der Waals surface area contributed by atoms with E-state index in [2.05, 4.69) is 0 Å². The molecule has 1 unspecified atom stereocenters.